The van der Waals surface area contributed by atoms with Gasteiger partial charge in [0, 0.05) is 5.02 Å². The number of ether oxygens (including phenoxy) is 1. The minimum absolute atomic E-state index is 0.536. The van der Waals surface area contributed by atoms with Gasteiger partial charge in [-0.15, -0.1) is 0 Å². The molecule has 104 valence electrons. The summed E-state index contributed by atoms with van der Waals surface area (Å²) in [5, 5.41) is 9.57. The van der Waals surface area contributed by atoms with Crippen molar-refractivity contribution in [2.75, 3.05) is 0 Å². The maximum Gasteiger partial charge on any atom is 0.310 e. The van der Waals surface area contributed by atoms with Crippen molar-refractivity contribution in [1.29, 1.82) is 0 Å². The fourth-order valence-corrected chi connectivity index (χ4v) is 2.42. The van der Waals surface area contributed by atoms with E-state index in [0.717, 1.165) is 10.0 Å². The molecule has 1 unspecified atom stereocenters. The molecular formula is C15H12BrClO3. The van der Waals surface area contributed by atoms with E-state index >= 15 is 0 Å². The van der Waals surface area contributed by atoms with E-state index in [9.17, 15) is 4.79 Å². The average Bonchev–Trinajstić information content (AvgIpc) is 2.42. The number of benzene rings is 2. The van der Waals surface area contributed by atoms with Gasteiger partial charge in [0.1, 0.15) is 11.5 Å². The summed E-state index contributed by atoms with van der Waals surface area (Å²) < 4.78 is 6.46. The predicted octanol–water partition coefficient (Wildman–Crippen LogP) is 5.08. The molecule has 0 saturated carbocycles. The Kier molecular flexibility index (Phi) is 4.68. The van der Waals surface area contributed by atoms with Crippen LogP contribution in [0.2, 0.25) is 5.02 Å². The van der Waals surface area contributed by atoms with Crippen molar-refractivity contribution in [2.45, 2.75) is 12.8 Å². The molecule has 1 N–H and O–H groups in total. The van der Waals surface area contributed by atoms with Crippen LogP contribution in [0.5, 0.6) is 11.5 Å². The van der Waals surface area contributed by atoms with Crippen molar-refractivity contribution in [3.05, 3.63) is 57.5 Å². The van der Waals surface area contributed by atoms with Crippen LogP contribution in [0.4, 0.5) is 0 Å². The van der Waals surface area contributed by atoms with Gasteiger partial charge in [0.25, 0.3) is 0 Å². The Bertz CT molecular complexity index is 626. The van der Waals surface area contributed by atoms with Crippen LogP contribution < -0.4 is 4.74 Å². The molecule has 0 bridgehead atoms. The van der Waals surface area contributed by atoms with Crippen LogP contribution in [0.15, 0.2) is 46.9 Å². The number of carboxylic acid groups (broad SMARTS) is 1. The lowest BCUT2D eigenvalue weighted by Gasteiger charge is -2.10. The van der Waals surface area contributed by atoms with Gasteiger partial charge < -0.3 is 9.84 Å². The van der Waals surface area contributed by atoms with E-state index in [1.807, 2.05) is 0 Å². The zero-order valence-electron chi connectivity index (χ0n) is 10.6. The van der Waals surface area contributed by atoms with Crippen LogP contribution in [-0.2, 0) is 4.79 Å². The Balaban J connectivity index is 2.16. The van der Waals surface area contributed by atoms with Crippen molar-refractivity contribution in [3.63, 3.8) is 0 Å². The van der Waals surface area contributed by atoms with Gasteiger partial charge in [-0.1, -0.05) is 23.7 Å². The molecule has 0 aliphatic carbocycles. The zero-order chi connectivity index (χ0) is 14.7. The van der Waals surface area contributed by atoms with Gasteiger partial charge in [0.05, 0.1) is 10.4 Å². The molecule has 20 heavy (non-hydrogen) atoms. The van der Waals surface area contributed by atoms with E-state index in [2.05, 4.69) is 15.9 Å². The van der Waals surface area contributed by atoms with E-state index in [0.29, 0.717) is 16.5 Å². The van der Waals surface area contributed by atoms with Crippen molar-refractivity contribution >= 4 is 33.5 Å². The summed E-state index contributed by atoms with van der Waals surface area (Å²) in [6.45, 7) is 1.65. The summed E-state index contributed by atoms with van der Waals surface area (Å²) >= 11 is 9.24. The largest absolute Gasteiger partial charge is 0.481 e. The normalized spacial score (nSPS) is 11.9. The van der Waals surface area contributed by atoms with Gasteiger partial charge >= 0.3 is 5.97 Å². The minimum atomic E-state index is -0.848. The number of halogens is 2. The molecule has 0 aliphatic rings. The Morgan fingerprint density at radius 3 is 2.45 bits per heavy atom. The van der Waals surface area contributed by atoms with Crippen LogP contribution in [0.3, 0.4) is 0 Å². The first-order valence-electron chi connectivity index (χ1n) is 5.93. The maximum absolute atomic E-state index is 10.9. The second-order valence-electron chi connectivity index (χ2n) is 4.31. The molecule has 0 aliphatic heterocycles. The van der Waals surface area contributed by atoms with E-state index < -0.39 is 11.9 Å². The highest BCUT2D eigenvalue weighted by Gasteiger charge is 2.13. The monoisotopic (exact) mass is 354 g/mol. The highest BCUT2D eigenvalue weighted by Crippen LogP contribution is 2.32. The molecule has 0 saturated heterocycles. The SMILES string of the molecule is CC(C(=O)O)c1ccc(Oc2ccc(Cl)cc2Br)cc1. The number of hydrogen-bond donors (Lipinski definition) is 1. The lowest BCUT2D eigenvalue weighted by Crippen LogP contribution is -2.06. The topological polar surface area (TPSA) is 46.5 Å². The Hall–Kier alpha value is -1.52. The lowest BCUT2D eigenvalue weighted by atomic mass is 10.0. The highest BCUT2D eigenvalue weighted by molar-refractivity contribution is 9.10. The summed E-state index contributed by atoms with van der Waals surface area (Å²) in [6, 6.07) is 12.2. The number of carboxylic acids is 1. The van der Waals surface area contributed by atoms with Crippen LogP contribution in [0.25, 0.3) is 0 Å². The smallest absolute Gasteiger partial charge is 0.310 e. The van der Waals surface area contributed by atoms with Crippen LogP contribution >= 0.6 is 27.5 Å². The van der Waals surface area contributed by atoms with E-state index in [1.54, 1.807) is 49.4 Å². The van der Waals surface area contributed by atoms with Crippen LogP contribution in [0.1, 0.15) is 18.4 Å². The first kappa shape index (κ1) is 14.9. The third-order valence-electron chi connectivity index (χ3n) is 2.87. The lowest BCUT2D eigenvalue weighted by molar-refractivity contribution is -0.138. The van der Waals surface area contributed by atoms with Crippen molar-refractivity contribution < 1.29 is 14.6 Å². The molecule has 2 aromatic rings. The number of carbonyl (C=O) groups is 1. The second-order valence-corrected chi connectivity index (χ2v) is 5.60. The molecule has 0 spiro atoms. The predicted molar refractivity (Wildman–Crippen MR) is 81.7 cm³/mol. The van der Waals surface area contributed by atoms with Crippen molar-refractivity contribution in [3.8, 4) is 11.5 Å². The minimum Gasteiger partial charge on any atom is -0.481 e. The summed E-state index contributed by atoms with van der Waals surface area (Å²) in [5.74, 6) is -0.103. The van der Waals surface area contributed by atoms with E-state index in [1.165, 1.54) is 0 Å². The van der Waals surface area contributed by atoms with Crippen LogP contribution in [0, 0.1) is 0 Å². The van der Waals surface area contributed by atoms with E-state index in [-0.39, 0.29) is 0 Å². The Morgan fingerprint density at radius 2 is 1.90 bits per heavy atom. The summed E-state index contributed by atoms with van der Waals surface area (Å²) in [6.07, 6.45) is 0. The first-order valence-corrected chi connectivity index (χ1v) is 7.10. The molecule has 2 rings (SSSR count). The molecule has 5 heteroatoms. The fraction of sp³-hybridized carbons (Fsp3) is 0.133. The van der Waals surface area contributed by atoms with E-state index in [4.69, 9.17) is 21.4 Å². The molecule has 2 aromatic carbocycles. The van der Waals surface area contributed by atoms with Gasteiger partial charge in [-0.25, -0.2) is 0 Å². The molecule has 1 atom stereocenters. The third kappa shape index (κ3) is 3.52. The Morgan fingerprint density at radius 1 is 1.25 bits per heavy atom. The molecule has 0 fully saturated rings. The third-order valence-corrected chi connectivity index (χ3v) is 3.73. The molecular weight excluding hydrogens is 344 g/mol. The average molecular weight is 356 g/mol. The van der Waals surface area contributed by atoms with Gasteiger partial charge in [-0.05, 0) is 58.7 Å². The molecule has 0 radical (unpaired) electrons. The molecule has 0 amide bonds. The first-order chi connectivity index (χ1) is 9.47. The summed E-state index contributed by atoms with van der Waals surface area (Å²) in [4.78, 5) is 10.9. The van der Waals surface area contributed by atoms with Crippen LogP contribution in [-0.4, -0.2) is 11.1 Å². The second kappa shape index (κ2) is 6.29. The van der Waals surface area contributed by atoms with Gasteiger partial charge in [-0.3, -0.25) is 4.79 Å². The fourth-order valence-electron chi connectivity index (χ4n) is 1.65. The van der Waals surface area contributed by atoms with Gasteiger partial charge in [0.15, 0.2) is 0 Å². The number of rotatable bonds is 4. The van der Waals surface area contributed by atoms with Crippen molar-refractivity contribution in [2.24, 2.45) is 0 Å². The summed E-state index contributed by atoms with van der Waals surface area (Å²) in [5.41, 5.74) is 0.736. The van der Waals surface area contributed by atoms with Gasteiger partial charge in [-0.2, -0.15) is 0 Å². The molecule has 0 heterocycles. The highest BCUT2D eigenvalue weighted by atomic mass is 79.9. The number of hydrogen-bond acceptors (Lipinski definition) is 2. The molecule has 3 nitrogen and oxygen atoms in total. The number of aliphatic carboxylic acids is 1. The van der Waals surface area contributed by atoms with Gasteiger partial charge in [0.2, 0.25) is 0 Å². The summed E-state index contributed by atoms with van der Waals surface area (Å²) in [7, 11) is 0. The quantitative estimate of drug-likeness (QED) is 0.831. The standard InChI is InChI=1S/C15H12BrClO3/c1-9(15(18)19)10-2-5-12(6-3-10)20-14-7-4-11(17)8-13(14)16/h2-9H,1H3,(H,18,19). The van der Waals surface area contributed by atoms with Crippen molar-refractivity contribution in [1.82, 2.24) is 0 Å². The zero-order valence-corrected chi connectivity index (χ0v) is 13.0. The molecule has 0 aromatic heterocycles. The Labute approximate surface area is 130 Å². The maximum atomic E-state index is 10.9.